The van der Waals surface area contributed by atoms with E-state index >= 15 is 0 Å². The van der Waals surface area contributed by atoms with Gasteiger partial charge in [0.05, 0.1) is 11.5 Å². The van der Waals surface area contributed by atoms with Crippen LogP contribution in [0.25, 0.3) is 0 Å². The number of likely N-dealkylation sites (tertiary alicyclic amines) is 1. The fraction of sp³-hybridized carbons (Fsp3) is 0.556. The molecule has 138 valence electrons. The zero-order chi connectivity index (χ0) is 18.1. The van der Waals surface area contributed by atoms with Crippen LogP contribution in [0.4, 0.5) is 10.1 Å². The van der Waals surface area contributed by atoms with Gasteiger partial charge in [0.25, 0.3) is 0 Å². The van der Waals surface area contributed by atoms with Crippen molar-refractivity contribution in [2.75, 3.05) is 43.0 Å². The molecule has 2 amide bonds. The molecule has 1 aliphatic rings. The van der Waals surface area contributed by atoms with Crippen molar-refractivity contribution in [3.63, 3.8) is 0 Å². The standard InChI is InChI=1S/C18H26FN3O2S/c1-14-3-2-9-22(11-14)10-8-20-17(23)12-25-13-18(24)21-16-6-4-15(19)5-7-16/h4-7,14H,2-3,8-13H2,1H3,(H,20,23)(H,21,24). The molecule has 2 rings (SSSR count). The van der Waals surface area contributed by atoms with Gasteiger partial charge in [0.2, 0.25) is 11.8 Å². The average molecular weight is 367 g/mol. The molecule has 0 bridgehead atoms. The van der Waals surface area contributed by atoms with Crippen molar-refractivity contribution in [3.8, 4) is 0 Å². The minimum Gasteiger partial charge on any atom is -0.354 e. The number of rotatable bonds is 8. The van der Waals surface area contributed by atoms with Gasteiger partial charge in [-0.05, 0) is 49.6 Å². The first kappa shape index (κ1) is 19.7. The number of hydrogen-bond donors (Lipinski definition) is 2. The molecule has 1 unspecified atom stereocenters. The molecule has 0 aliphatic carbocycles. The molecule has 0 saturated carbocycles. The minimum atomic E-state index is -0.344. The fourth-order valence-electron chi connectivity index (χ4n) is 2.86. The van der Waals surface area contributed by atoms with E-state index in [9.17, 15) is 14.0 Å². The van der Waals surface area contributed by atoms with Gasteiger partial charge in [0, 0.05) is 25.3 Å². The maximum atomic E-state index is 12.8. The summed E-state index contributed by atoms with van der Waals surface area (Å²) in [5, 5.41) is 5.57. The number of carbonyl (C=O) groups excluding carboxylic acids is 2. The van der Waals surface area contributed by atoms with Crippen molar-refractivity contribution < 1.29 is 14.0 Å². The summed E-state index contributed by atoms with van der Waals surface area (Å²) >= 11 is 1.27. The van der Waals surface area contributed by atoms with Gasteiger partial charge in [-0.3, -0.25) is 9.59 Å². The fourth-order valence-corrected chi connectivity index (χ4v) is 3.51. The van der Waals surface area contributed by atoms with Gasteiger partial charge in [-0.25, -0.2) is 4.39 Å². The van der Waals surface area contributed by atoms with Gasteiger partial charge in [0.1, 0.15) is 5.82 Å². The Kier molecular flexibility index (Phi) is 8.21. The lowest BCUT2D eigenvalue weighted by Crippen LogP contribution is -2.40. The smallest absolute Gasteiger partial charge is 0.234 e. The van der Waals surface area contributed by atoms with Crippen LogP contribution in [0.2, 0.25) is 0 Å². The van der Waals surface area contributed by atoms with Gasteiger partial charge < -0.3 is 15.5 Å². The molecular weight excluding hydrogens is 341 g/mol. The lowest BCUT2D eigenvalue weighted by atomic mass is 10.0. The molecule has 1 aromatic carbocycles. The van der Waals surface area contributed by atoms with Crippen molar-refractivity contribution in [2.45, 2.75) is 19.8 Å². The molecule has 1 aromatic rings. The second-order valence-electron chi connectivity index (χ2n) is 6.45. The molecule has 0 aromatic heterocycles. The molecule has 1 atom stereocenters. The van der Waals surface area contributed by atoms with E-state index in [0.717, 1.165) is 25.6 Å². The Hall–Kier alpha value is -1.60. The van der Waals surface area contributed by atoms with E-state index in [-0.39, 0.29) is 29.1 Å². The predicted molar refractivity (Wildman–Crippen MR) is 100 cm³/mol. The monoisotopic (exact) mass is 367 g/mol. The van der Waals surface area contributed by atoms with Crippen LogP contribution in [0.5, 0.6) is 0 Å². The van der Waals surface area contributed by atoms with E-state index in [1.807, 2.05) is 0 Å². The zero-order valence-electron chi connectivity index (χ0n) is 14.6. The Morgan fingerprint density at radius 3 is 2.68 bits per heavy atom. The van der Waals surface area contributed by atoms with Crippen molar-refractivity contribution in [3.05, 3.63) is 30.1 Å². The summed E-state index contributed by atoms with van der Waals surface area (Å²) in [5.41, 5.74) is 0.548. The number of thioether (sulfide) groups is 1. The Morgan fingerprint density at radius 2 is 1.96 bits per heavy atom. The molecule has 0 spiro atoms. The van der Waals surface area contributed by atoms with Crippen LogP contribution in [-0.4, -0.2) is 54.4 Å². The maximum Gasteiger partial charge on any atom is 0.234 e. The Labute approximate surface area is 152 Å². The van der Waals surface area contributed by atoms with E-state index in [0.29, 0.717) is 12.2 Å². The summed E-state index contributed by atoms with van der Waals surface area (Å²) in [7, 11) is 0. The van der Waals surface area contributed by atoms with Crippen LogP contribution >= 0.6 is 11.8 Å². The second-order valence-corrected chi connectivity index (χ2v) is 7.43. The van der Waals surface area contributed by atoms with E-state index in [2.05, 4.69) is 22.5 Å². The number of amides is 2. The van der Waals surface area contributed by atoms with E-state index < -0.39 is 0 Å². The molecule has 1 aliphatic heterocycles. The van der Waals surface area contributed by atoms with Crippen LogP contribution in [0, 0.1) is 11.7 Å². The molecular formula is C18H26FN3O2S. The first-order chi connectivity index (χ1) is 12.0. The van der Waals surface area contributed by atoms with Crippen LogP contribution in [0.3, 0.4) is 0 Å². The number of hydrogen-bond acceptors (Lipinski definition) is 4. The highest BCUT2D eigenvalue weighted by atomic mass is 32.2. The highest BCUT2D eigenvalue weighted by Gasteiger charge is 2.15. The molecule has 7 heteroatoms. The van der Waals surface area contributed by atoms with Gasteiger partial charge in [-0.15, -0.1) is 11.8 Å². The first-order valence-corrected chi connectivity index (χ1v) is 9.80. The third-order valence-electron chi connectivity index (χ3n) is 4.09. The third kappa shape index (κ3) is 7.88. The summed E-state index contributed by atoms with van der Waals surface area (Å²) in [6, 6.07) is 5.59. The van der Waals surface area contributed by atoms with E-state index in [4.69, 9.17) is 0 Å². The molecule has 25 heavy (non-hydrogen) atoms. The summed E-state index contributed by atoms with van der Waals surface area (Å²) in [6.07, 6.45) is 2.52. The van der Waals surface area contributed by atoms with Gasteiger partial charge >= 0.3 is 0 Å². The number of halogens is 1. The summed E-state index contributed by atoms with van der Waals surface area (Å²) < 4.78 is 12.8. The van der Waals surface area contributed by atoms with E-state index in [1.165, 1.54) is 48.9 Å². The molecule has 1 saturated heterocycles. The highest BCUT2D eigenvalue weighted by molar-refractivity contribution is 8.00. The maximum absolute atomic E-state index is 12.8. The highest BCUT2D eigenvalue weighted by Crippen LogP contribution is 2.14. The second kappa shape index (κ2) is 10.4. The summed E-state index contributed by atoms with van der Waals surface area (Å²) in [5.74, 6) is 0.584. The van der Waals surface area contributed by atoms with Crippen molar-refractivity contribution in [1.29, 1.82) is 0 Å². The number of anilines is 1. The van der Waals surface area contributed by atoms with Crippen LogP contribution in [0.15, 0.2) is 24.3 Å². The first-order valence-electron chi connectivity index (χ1n) is 8.65. The average Bonchev–Trinajstić information content (AvgIpc) is 2.57. The topological polar surface area (TPSA) is 61.4 Å². The number of nitrogens with zero attached hydrogens (tertiary/aromatic N) is 1. The molecule has 1 heterocycles. The van der Waals surface area contributed by atoms with Crippen molar-refractivity contribution in [1.82, 2.24) is 10.2 Å². The van der Waals surface area contributed by atoms with Gasteiger partial charge in [-0.2, -0.15) is 0 Å². The normalized spacial score (nSPS) is 17.9. The zero-order valence-corrected chi connectivity index (χ0v) is 15.4. The van der Waals surface area contributed by atoms with E-state index in [1.54, 1.807) is 0 Å². The summed E-state index contributed by atoms with van der Waals surface area (Å²) in [4.78, 5) is 26.0. The van der Waals surface area contributed by atoms with Crippen molar-refractivity contribution in [2.24, 2.45) is 5.92 Å². The molecule has 1 fully saturated rings. The Bertz CT molecular complexity index is 568. The Morgan fingerprint density at radius 1 is 1.24 bits per heavy atom. The summed E-state index contributed by atoms with van der Waals surface area (Å²) in [6.45, 7) is 6.00. The number of benzene rings is 1. The van der Waals surface area contributed by atoms with Crippen LogP contribution in [-0.2, 0) is 9.59 Å². The van der Waals surface area contributed by atoms with Crippen molar-refractivity contribution >= 4 is 29.3 Å². The largest absolute Gasteiger partial charge is 0.354 e. The van der Waals surface area contributed by atoms with Gasteiger partial charge in [0.15, 0.2) is 0 Å². The molecule has 0 radical (unpaired) electrons. The number of piperidine rings is 1. The predicted octanol–water partition coefficient (Wildman–Crippen LogP) is 2.35. The lowest BCUT2D eigenvalue weighted by molar-refractivity contribution is -0.118. The molecule has 2 N–H and O–H groups in total. The number of nitrogens with one attached hydrogen (secondary N) is 2. The SMILES string of the molecule is CC1CCCN(CCNC(=O)CSCC(=O)Nc2ccc(F)cc2)C1. The number of carbonyl (C=O) groups is 2. The lowest BCUT2D eigenvalue weighted by Gasteiger charge is -2.30. The quantitative estimate of drug-likeness (QED) is 0.740. The third-order valence-corrected chi connectivity index (χ3v) is 5.02. The Balaban J connectivity index is 1.54. The van der Waals surface area contributed by atoms with Crippen LogP contribution in [0.1, 0.15) is 19.8 Å². The van der Waals surface area contributed by atoms with Crippen LogP contribution < -0.4 is 10.6 Å². The van der Waals surface area contributed by atoms with Gasteiger partial charge in [-0.1, -0.05) is 6.92 Å². The molecule has 5 nitrogen and oxygen atoms in total. The minimum absolute atomic E-state index is 0.0513.